The number of furan rings is 1. The Kier molecular flexibility index (Phi) is 5.46. The molecule has 1 aromatic heterocycles. The Morgan fingerprint density at radius 2 is 2.16 bits per heavy atom. The quantitative estimate of drug-likeness (QED) is 0.819. The Morgan fingerprint density at radius 3 is 2.84 bits per heavy atom. The Bertz CT molecular complexity index is 373. The maximum absolute atomic E-state index is 5.89. The van der Waals surface area contributed by atoms with Gasteiger partial charge in [-0.2, -0.15) is 0 Å². The standard InChI is InChI=1S/C16H28N2O/c1-4-14-7-8-18(11-14)12-16-6-5-15(19-16)10-17-9-13(2)3/h5-6,13-14,17H,4,7-12H2,1-3H3. The number of hydrogen-bond donors (Lipinski definition) is 1. The summed E-state index contributed by atoms with van der Waals surface area (Å²) in [6.45, 7) is 12.0. The molecule has 0 radical (unpaired) electrons. The van der Waals surface area contributed by atoms with Crippen molar-refractivity contribution in [1.82, 2.24) is 10.2 Å². The lowest BCUT2D eigenvalue weighted by atomic mass is 10.1. The first kappa shape index (κ1) is 14.6. The molecule has 1 aliphatic heterocycles. The predicted octanol–water partition coefficient (Wildman–Crippen LogP) is 3.26. The average molecular weight is 264 g/mol. The van der Waals surface area contributed by atoms with Crippen LogP contribution in [-0.4, -0.2) is 24.5 Å². The van der Waals surface area contributed by atoms with Gasteiger partial charge < -0.3 is 9.73 Å². The van der Waals surface area contributed by atoms with Crippen LogP contribution in [0.4, 0.5) is 0 Å². The lowest BCUT2D eigenvalue weighted by Gasteiger charge is -2.13. The third-order valence-electron chi connectivity index (χ3n) is 3.90. The summed E-state index contributed by atoms with van der Waals surface area (Å²) in [6, 6.07) is 4.24. The number of nitrogens with one attached hydrogen (secondary N) is 1. The molecular weight excluding hydrogens is 236 g/mol. The molecule has 0 aliphatic carbocycles. The van der Waals surface area contributed by atoms with Crippen LogP contribution < -0.4 is 5.32 Å². The van der Waals surface area contributed by atoms with Crippen LogP contribution in [0.25, 0.3) is 0 Å². The van der Waals surface area contributed by atoms with E-state index < -0.39 is 0 Å². The van der Waals surface area contributed by atoms with Crippen molar-refractivity contribution < 1.29 is 4.42 Å². The number of rotatable bonds is 7. The van der Waals surface area contributed by atoms with Crippen LogP contribution in [0.2, 0.25) is 0 Å². The third-order valence-corrected chi connectivity index (χ3v) is 3.90. The van der Waals surface area contributed by atoms with Gasteiger partial charge in [-0.15, -0.1) is 0 Å². The molecule has 1 aliphatic rings. The zero-order chi connectivity index (χ0) is 13.7. The van der Waals surface area contributed by atoms with Gasteiger partial charge in [0, 0.05) is 6.54 Å². The lowest BCUT2D eigenvalue weighted by Crippen LogP contribution is -2.20. The second kappa shape index (κ2) is 7.11. The molecule has 3 nitrogen and oxygen atoms in total. The molecule has 1 saturated heterocycles. The molecule has 19 heavy (non-hydrogen) atoms. The molecule has 108 valence electrons. The Labute approximate surface area is 117 Å². The van der Waals surface area contributed by atoms with Crippen molar-refractivity contribution in [2.24, 2.45) is 11.8 Å². The minimum absolute atomic E-state index is 0.685. The lowest BCUT2D eigenvalue weighted by molar-refractivity contribution is 0.280. The fourth-order valence-electron chi connectivity index (χ4n) is 2.70. The second-order valence-corrected chi connectivity index (χ2v) is 6.19. The maximum Gasteiger partial charge on any atom is 0.118 e. The van der Waals surface area contributed by atoms with Gasteiger partial charge in [0.1, 0.15) is 11.5 Å². The molecule has 2 rings (SSSR count). The molecule has 1 N–H and O–H groups in total. The minimum Gasteiger partial charge on any atom is -0.463 e. The summed E-state index contributed by atoms with van der Waals surface area (Å²) in [5.41, 5.74) is 0. The molecule has 2 heterocycles. The van der Waals surface area contributed by atoms with Crippen LogP contribution in [0.5, 0.6) is 0 Å². The van der Waals surface area contributed by atoms with Crippen molar-refractivity contribution in [1.29, 1.82) is 0 Å². The third kappa shape index (κ3) is 4.66. The molecule has 0 aromatic carbocycles. The van der Waals surface area contributed by atoms with Gasteiger partial charge in [-0.3, -0.25) is 4.90 Å². The zero-order valence-electron chi connectivity index (χ0n) is 12.6. The molecule has 1 fully saturated rings. The Hall–Kier alpha value is -0.800. The van der Waals surface area contributed by atoms with Gasteiger partial charge in [-0.05, 0) is 43.5 Å². The smallest absolute Gasteiger partial charge is 0.118 e. The molecule has 0 spiro atoms. The van der Waals surface area contributed by atoms with Crippen LogP contribution in [0.3, 0.4) is 0 Å². The molecule has 1 atom stereocenters. The van der Waals surface area contributed by atoms with Crippen molar-refractivity contribution in [3.8, 4) is 0 Å². The maximum atomic E-state index is 5.89. The van der Waals surface area contributed by atoms with E-state index in [1.807, 2.05) is 0 Å². The molecule has 1 unspecified atom stereocenters. The summed E-state index contributed by atoms with van der Waals surface area (Å²) in [5.74, 6) is 3.74. The summed E-state index contributed by atoms with van der Waals surface area (Å²) in [4.78, 5) is 2.51. The molecule has 1 aromatic rings. The van der Waals surface area contributed by atoms with Crippen molar-refractivity contribution >= 4 is 0 Å². The van der Waals surface area contributed by atoms with Crippen LogP contribution in [0.1, 0.15) is 45.1 Å². The van der Waals surface area contributed by atoms with Gasteiger partial charge in [0.2, 0.25) is 0 Å². The summed E-state index contributed by atoms with van der Waals surface area (Å²) in [7, 11) is 0. The van der Waals surface area contributed by atoms with E-state index in [0.29, 0.717) is 5.92 Å². The van der Waals surface area contributed by atoms with Crippen LogP contribution in [0.15, 0.2) is 16.5 Å². The van der Waals surface area contributed by atoms with Gasteiger partial charge in [0.25, 0.3) is 0 Å². The van der Waals surface area contributed by atoms with Gasteiger partial charge in [-0.1, -0.05) is 27.2 Å². The SMILES string of the molecule is CCC1CCN(Cc2ccc(CNCC(C)C)o2)C1. The largest absolute Gasteiger partial charge is 0.463 e. The van der Waals surface area contributed by atoms with Crippen molar-refractivity contribution in [2.75, 3.05) is 19.6 Å². The molecule has 0 bridgehead atoms. The van der Waals surface area contributed by atoms with Crippen molar-refractivity contribution in [3.63, 3.8) is 0 Å². The van der Waals surface area contributed by atoms with Crippen molar-refractivity contribution in [2.45, 2.75) is 46.7 Å². The minimum atomic E-state index is 0.685. The summed E-state index contributed by atoms with van der Waals surface area (Å²) < 4.78 is 5.89. The van der Waals surface area contributed by atoms with Gasteiger partial charge in [-0.25, -0.2) is 0 Å². The van der Waals surface area contributed by atoms with E-state index in [-0.39, 0.29) is 0 Å². The zero-order valence-corrected chi connectivity index (χ0v) is 12.6. The second-order valence-electron chi connectivity index (χ2n) is 6.19. The number of likely N-dealkylation sites (tertiary alicyclic amines) is 1. The first-order chi connectivity index (χ1) is 9.17. The topological polar surface area (TPSA) is 28.4 Å². The summed E-state index contributed by atoms with van der Waals surface area (Å²) in [6.07, 6.45) is 2.65. The normalized spacial score (nSPS) is 20.5. The van der Waals surface area contributed by atoms with Gasteiger partial charge >= 0.3 is 0 Å². The highest BCUT2D eigenvalue weighted by Gasteiger charge is 2.21. The molecular formula is C16H28N2O. The molecule has 0 amide bonds. The highest BCUT2D eigenvalue weighted by atomic mass is 16.3. The van der Waals surface area contributed by atoms with E-state index in [2.05, 4.69) is 43.1 Å². The van der Waals surface area contributed by atoms with E-state index in [9.17, 15) is 0 Å². The molecule has 0 saturated carbocycles. The van der Waals surface area contributed by atoms with E-state index in [1.54, 1.807) is 0 Å². The van der Waals surface area contributed by atoms with Gasteiger partial charge in [0.15, 0.2) is 0 Å². The number of nitrogens with zero attached hydrogens (tertiary/aromatic N) is 1. The monoisotopic (exact) mass is 264 g/mol. The first-order valence-electron chi connectivity index (χ1n) is 7.68. The molecule has 3 heteroatoms. The van der Waals surface area contributed by atoms with Crippen LogP contribution >= 0.6 is 0 Å². The van der Waals surface area contributed by atoms with E-state index >= 15 is 0 Å². The van der Waals surface area contributed by atoms with Gasteiger partial charge in [0.05, 0.1) is 13.1 Å². The highest BCUT2D eigenvalue weighted by Crippen LogP contribution is 2.21. The number of hydrogen-bond acceptors (Lipinski definition) is 3. The first-order valence-corrected chi connectivity index (χ1v) is 7.68. The predicted molar refractivity (Wildman–Crippen MR) is 78.9 cm³/mol. The Balaban J connectivity index is 1.74. The van der Waals surface area contributed by atoms with Crippen LogP contribution in [0, 0.1) is 11.8 Å². The Morgan fingerprint density at radius 1 is 1.37 bits per heavy atom. The van der Waals surface area contributed by atoms with E-state index in [4.69, 9.17) is 4.42 Å². The van der Waals surface area contributed by atoms with Crippen LogP contribution in [-0.2, 0) is 13.1 Å². The fourth-order valence-corrected chi connectivity index (χ4v) is 2.70. The summed E-state index contributed by atoms with van der Waals surface area (Å²) >= 11 is 0. The average Bonchev–Trinajstić information content (AvgIpc) is 2.99. The summed E-state index contributed by atoms with van der Waals surface area (Å²) in [5, 5.41) is 3.42. The highest BCUT2D eigenvalue weighted by molar-refractivity contribution is 5.07. The van der Waals surface area contributed by atoms with E-state index in [0.717, 1.165) is 37.1 Å². The van der Waals surface area contributed by atoms with Crippen molar-refractivity contribution in [3.05, 3.63) is 23.7 Å². The van der Waals surface area contributed by atoms with E-state index in [1.165, 1.54) is 25.9 Å². The fraction of sp³-hybridized carbons (Fsp3) is 0.750.